The Morgan fingerprint density at radius 3 is 2.63 bits per heavy atom. The van der Waals surface area contributed by atoms with Gasteiger partial charge in [-0.2, -0.15) is 4.31 Å². The van der Waals surface area contributed by atoms with Crippen LogP contribution in [0.2, 0.25) is 5.02 Å². The summed E-state index contributed by atoms with van der Waals surface area (Å²) in [6.45, 7) is 2.08. The molecule has 0 radical (unpaired) electrons. The van der Waals surface area contributed by atoms with E-state index in [2.05, 4.69) is 20.8 Å². The van der Waals surface area contributed by atoms with Gasteiger partial charge in [0.05, 0.1) is 11.5 Å². The molecule has 144 valence electrons. The molecule has 0 aliphatic carbocycles. The molecule has 0 amide bonds. The lowest BCUT2D eigenvalue weighted by Gasteiger charge is -2.41. The van der Waals surface area contributed by atoms with Crippen LogP contribution in [0.4, 0.5) is 5.69 Å². The van der Waals surface area contributed by atoms with E-state index in [0.717, 1.165) is 28.6 Å². The molecule has 8 heteroatoms. The van der Waals surface area contributed by atoms with E-state index in [4.69, 9.17) is 16.3 Å². The van der Waals surface area contributed by atoms with E-state index < -0.39 is 10.0 Å². The first-order chi connectivity index (χ1) is 12.9. The molecule has 0 spiro atoms. The van der Waals surface area contributed by atoms with Crippen molar-refractivity contribution in [3.8, 4) is 0 Å². The summed E-state index contributed by atoms with van der Waals surface area (Å²) in [4.78, 5) is 2.56. The van der Waals surface area contributed by atoms with Crippen molar-refractivity contribution < 1.29 is 13.2 Å². The summed E-state index contributed by atoms with van der Waals surface area (Å²) in [5.41, 5.74) is 2.22. The summed E-state index contributed by atoms with van der Waals surface area (Å²) >= 11 is 9.45. The molecule has 27 heavy (non-hydrogen) atoms. The molecule has 0 atom stereocenters. The Hall–Kier alpha value is -1.12. The van der Waals surface area contributed by atoms with Gasteiger partial charge in [-0.15, -0.1) is 0 Å². The van der Waals surface area contributed by atoms with Gasteiger partial charge in [-0.25, -0.2) is 8.42 Å². The minimum Gasteiger partial charge on any atom is -0.356 e. The Morgan fingerprint density at radius 2 is 1.89 bits per heavy atom. The van der Waals surface area contributed by atoms with Crippen LogP contribution in [-0.2, 0) is 21.4 Å². The summed E-state index contributed by atoms with van der Waals surface area (Å²) < 4.78 is 33.9. The lowest BCUT2D eigenvalue weighted by atomic mass is 10.0. The van der Waals surface area contributed by atoms with Crippen LogP contribution in [0.15, 0.2) is 51.8 Å². The summed E-state index contributed by atoms with van der Waals surface area (Å²) in [6, 6.07) is 13.0. The van der Waals surface area contributed by atoms with Gasteiger partial charge in [0.15, 0.2) is 0 Å². The highest BCUT2D eigenvalue weighted by Gasteiger charge is 2.33. The van der Waals surface area contributed by atoms with Crippen LogP contribution < -0.4 is 4.90 Å². The predicted molar refractivity (Wildman–Crippen MR) is 110 cm³/mol. The monoisotopic (exact) mass is 470 g/mol. The van der Waals surface area contributed by atoms with E-state index in [1.165, 1.54) is 0 Å². The van der Waals surface area contributed by atoms with Gasteiger partial charge in [-0.05, 0) is 49.2 Å². The molecule has 2 aliphatic rings. The van der Waals surface area contributed by atoms with Crippen LogP contribution in [0.5, 0.6) is 0 Å². The first-order valence-corrected chi connectivity index (χ1v) is 11.4. The van der Waals surface area contributed by atoms with E-state index in [9.17, 15) is 8.42 Å². The number of nitrogens with zero attached hydrogens (tertiary/aromatic N) is 2. The third-order valence-corrected chi connectivity index (χ3v) is 7.76. The quantitative estimate of drug-likeness (QED) is 0.671. The molecule has 0 bridgehead atoms. The fraction of sp³-hybridized carbons (Fsp3) is 0.368. The average Bonchev–Trinajstić information content (AvgIpc) is 2.67. The number of anilines is 1. The molecule has 4 rings (SSSR count). The third-order valence-electron chi connectivity index (χ3n) is 5.14. The third kappa shape index (κ3) is 3.89. The van der Waals surface area contributed by atoms with Crippen LogP contribution in [-0.4, -0.2) is 38.6 Å². The molecule has 0 unspecified atom stereocenters. The summed E-state index contributed by atoms with van der Waals surface area (Å²) in [7, 11) is -3.47. The fourth-order valence-corrected chi connectivity index (χ4v) is 6.01. The molecular formula is C19H20BrClN2O3S. The van der Waals surface area contributed by atoms with Gasteiger partial charge in [0.1, 0.15) is 6.73 Å². The minimum absolute atomic E-state index is 0.249. The molecule has 1 fully saturated rings. The van der Waals surface area contributed by atoms with Gasteiger partial charge in [0, 0.05) is 39.9 Å². The number of hydrogen-bond donors (Lipinski definition) is 0. The zero-order chi connectivity index (χ0) is 19.0. The van der Waals surface area contributed by atoms with Crippen molar-refractivity contribution in [2.75, 3.05) is 24.7 Å². The van der Waals surface area contributed by atoms with Gasteiger partial charge in [-0.1, -0.05) is 33.6 Å². The number of piperidine rings is 1. The van der Waals surface area contributed by atoms with Gasteiger partial charge < -0.3 is 9.64 Å². The van der Waals surface area contributed by atoms with Gasteiger partial charge >= 0.3 is 0 Å². The largest absolute Gasteiger partial charge is 0.356 e. The van der Waals surface area contributed by atoms with Crippen molar-refractivity contribution >= 4 is 43.2 Å². The smallest absolute Gasteiger partial charge is 0.243 e. The Kier molecular flexibility index (Phi) is 5.49. The van der Waals surface area contributed by atoms with Crippen molar-refractivity contribution in [3.05, 3.63) is 57.5 Å². The Labute approximate surface area is 173 Å². The topological polar surface area (TPSA) is 49.9 Å². The number of halogens is 2. The first kappa shape index (κ1) is 19.2. The second-order valence-electron chi connectivity index (χ2n) is 6.81. The van der Waals surface area contributed by atoms with Gasteiger partial charge in [0.25, 0.3) is 0 Å². The molecule has 0 N–H and O–H groups in total. The second-order valence-corrected chi connectivity index (χ2v) is 10.1. The van der Waals surface area contributed by atoms with Crippen LogP contribution in [0.1, 0.15) is 18.4 Å². The molecule has 2 aromatic rings. The molecular weight excluding hydrogens is 452 g/mol. The number of rotatable bonds is 3. The standard InChI is InChI=1S/C19H20BrClN2O3S/c20-15-2-1-3-18(11-15)27(24,25)22-8-6-17(7-9-22)23-13-26-12-14-10-16(21)4-5-19(14)23/h1-5,10-11,17H,6-9,12-13H2. The van der Waals surface area contributed by atoms with Crippen LogP contribution in [0, 0.1) is 0 Å². The number of hydrogen-bond acceptors (Lipinski definition) is 4. The maximum absolute atomic E-state index is 12.9. The molecule has 5 nitrogen and oxygen atoms in total. The average molecular weight is 472 g/mol. The number of fused-ring (bicyclic) bond motifs is 1. The van der Waals surface area contributed by atoms with E-state index in [-0.39, 0.29) is 6.04 Å². The Morgan fingerprint density at radius 1 is 1.11 bits per heavy atom. The summed E-state index contributed by atoms with van der Waals surface area (Å²) in [6.07, 6.45) is 1.53. The normalized spacial score (nSPS) is 19.1. The van der Waals surface area contributed by atoms with Crippen molar-refractivity contribution in [3.63, 3.8) is 0 Å². The van der Waals surface area contributed by atoms with Crippen LogP contribution in [0.3, 0.4) is 0 Å². The van der Waals surface area contributed by atoms with Crippen molar-refractivity contribution in [1.29, 1.82) is 0 Å². The zero-order valence-corrected chi connectivity index (χ0v) is 17.8. The van der Waals surface area contributed by atoms with Crippen molar-refractivity contribution in [2.45, 2.75) is 30.4 Å². The lowest BCUT2D eigenvalue weighted by molar-refractivity contribution is 0.0988. The minimum atomic E-state index is -3.47. The number of sulfonamides is 1. The molecule has 0 aromatic heterocycles. The SMILES string of the molecule is O=S(=O)(c1cccc(Br)c1)N1CCC(N2COCc3cc(Cl)ccc32)CC1. The molecule has 0 saturated carbocycles. The van der Waals surface area contributed by atoms with Crippen LogP contribution >= 0.6 is 27.5 Å². The van der Waals surface area contributed by atoms with E-state index in [1.807, 2.05) is 24.3 Å². The maximum atomic E-state index is 12.9. The summed E-state index contributed by atoms with van der Waals surface area (Å²) in [5, 5.41) is 0.703. The number of benzene rings is 2. The second kappa shape index (κ2) is 7.72. The van der Waals surface area contributed by atoms with E-state index in [1.54, 1.807) is 22.5 Å². The summed E-state index contributed by atoms with van der Waals surface area (Å²) in [5.74, 6) is 0. The van der Waals surface area contributed by atoms with Gasteiger partial charge in [0.2, 0.25) is 10.0 Å². The molecule has 2 aromatic carbocycles. The van der Waals surface area contributed by atoms with Gasteiger partial charge in [-0.3, -0.25) is 0 Å². The predicted octanol–water partition coefficient (Wildman–Crippen LogP) is 4.25. The fourth-order valence-electron chi connectivity index (χ4n) is 3.75. The van der Waals surface area contributed by atoms with E-state index >= 15 is 0 Å². The first-order valence-electron chi connectivity index (χ1n) is 8.84. The van der Waals surface area contributed by atoms with Crippen molar-refractivity contribution in [1.82, 2.24) is 4.31 Å². The lowest BCUT2D eigenvalue weighted by Crippen LogP contribution is -2.48. The zero-order valence-electron chi connectivity index (χ0n) is 14.6. The molecule has 2 heterocycles. The Balaban J connectivity index is 1.49. The number of ether oxygens (including phenoxy) is 1. The highest BCUT2D eigenvalue weighted by molar-refractivity contribution is 9.10. The molecule has 2 aliphatic heterocycles. The van der Waals surface area contributed by atoms with Crippen molar-refractivity contribution in [2.24, 2.45) is 0 Å². The molecule has 1 saturated heterocycles. The highest BCUT2D eigenvalue weighted by Crippen LogP contribution is 2.33. The Bertz CT molecular complexity index is 946. The van der Waals surface area contributed by atoms with Crippen LogP contribution in [0.25, 0.3) is 0 Å². The van der Waals surface area contributed by atoms with E-state index in [0.29, 0.717) is 36.3 Å². The highest BCUT2D eigenvalue weighted by atomic mass is 79.9. The maximum Gasteiger partial charge on any atom is 0.243 e.